The molecular formula is C13H19BrN2. The lowest BCUT2D eigenvalue weighted by Gasteiger charge is -2.20. The Bertz CT molecular complexity index is 365. The van der Waals surface area contributed by atoms with Crippen molar-refractivity contribution in [1.29, 1.82) is 0 Å². The van der Waals surface area contributed by atoms with Crippen molar-refractivity contribution in [3.8, 4) is 0 Å². The highest BCUT2D eigenvalue weighted by Crippen LogP contribution is 2.31. The predicted molar refractivity (Wildman–Crippen MR) is 72.9 cm³/mol. The zero-order valence-electron chi connectivity index (χ0n) is 9.75. The van der Waals surface area contributed by atoms with Crippen LogP contribution in [-0.2, 0) is 6.42 Å². The number of benzene rings is 1. The minimum atomic E-state index is 0.715. The molecule has 0 bridgehead atoms. The molecule has 2 nitrogen and oxygen atoms in total. The van der Waals surface area contributed by atoms with Crippen LogP contribution in [-0.4, -0.2) is 19.6 Å². The Labute approximate surface area is 106 Å². The van der Waals surface area contributed by atoms with E-state index in [9.17, 15) is 0 Å². The zero-order chi connectivity index (χ0) is 11.5. The van der Waals surface area contributed by atoms with Gasteiger partial charge in [0.05, 0.1) is 5.69 Å². The number of nitrogens with zero attached hydrogens (tertiary/aromatic N) is 1. The van der Waals surface area contributed by atoms with Gasteiger partial charge in [-0.15, -0.1) is 0 Å². The zero-order valence-corrected chi connectivity index (χ0v) is 11.3. The first-order chi connectivity index (χ1) is 7.70. The van der Waals surface area contributed by atoms with E-state index in [0.717, 1.165) is 12.3 Å². The molecule has 0 radical (unpaired) electrons. The Morgan fingerprint density at radius 3 is 2.88 bits per heavy atom. The molecular weight excluding hydrogens is 264 g/mol. The molecule has 2 rings (SSSR count). The van der Waals surface area contributed by atoms with Crippen molar-refractivity contribution in [2.75, 3.05) is 24.5 Å². The number of hydrogen-bond donors (Lipinski definition) is 1. The van der Waals surface area contributed by atoms with Gasteiger partial charge in [0, 0.05) is 17.6 Å². The number of halogens is 1. The van der Waals surface area contributed by atoms with Crippen molar-refractivity contribution >= 4 is 21.6 Å². The van der Waals surface area contributed by atoms with Gasteiger partial charge in [-0.2, -0.15) is 0 Å². The van der Waals surface area contributed by atoms with Gasteiger partial charge >= 0.3 is 0 Å². The average Bonchev–Trinajstić information content (AvgIpc) is 2.65. The molecule has 1 aromatic carbocycles. The summed E-state index contributed by atoms with van der Waals surface area (Å²) in [6.07, 6.45) is 2.26. The van der Waals surface area contributed by atoms with Crippen LogP contribution < -0.4 is 10.6 Å². The van der Waals surface area contributed by atoms with Crippen LogP contribution in [0.15, 0.2) is 22.7 Å². The lowest BCUT2D eigenvalue weighted by Crippen LogP contribution is -2.19. The number of nitrogens with two attached hydrogens (primary N) is 1. The summed E-state index contributed by atoms with van der Waals surface area (Å²) in [7, 11) is 0. The molecule has 1 unspecified atom stereocenters. The average molecular weight is 283 g/mol. The number of anilines is 1. The van der Waals surface area contributed by atoms with Crippen LogP contribution in [0, 0.1) is 5.92 Å². The van der Waals surface area contributed by atoms with Gasteiger partial charge in [0.1, 0.15) is 0 Å². The molecule has 1 saturated heterocycles. The molecule has 1 fully saturated rings. The van der Waals surface area contributed by atoms with Crippen molar-refractivity contribution in [3.05, 3.63) is 28.2 Å². The number of rotatable bonds is 3. The van der Waals surface area contributed by atoms with Gasteiger partial charge in [0.15, 0.2) is 0 Å². The van der Waals surface area contributed by atoms with Gasteiger partial charge in [-0.25, -0.2) is 0 Å². The Kier molecular flexibility index (Phi) is 3.87. The Morgan fingerprint density at radius 2 is 2.31 bits per heavy atom. The Hall–Kier alpha value is -0.540. The second kappa shape index (κ2) is 5.19. The summed E-state index contributed by atoms with van der Waals surface area (Å²) in [4.78, 5) is 2.46. The summed E-state index contributed by atoms with van der Waals surface area (Å²) >= 11 is 3.66. The van der Waals surface area contributed by atoms with Crippen molar-refractivity contribution in [2.24, 2.45) is 11.7 Å². The molecule has 0 aliphatic carbocycles. The van der Waals surface area contributed by atoms with E-state index >= 15 is 0 Å². The second-order valence-corrected chi connectivity index (χ2v) is 5.52. The van der Waals surface area contributed by atoms with Gasteiger partial charge in [-0.3, -0.25) is 0 Å². The summed E-state index contributed by atoms with van der Waals surface area (Å²) in [5.74, 6) is 0.815. The van der Waals surface area contributed by atoms with Crippen molar-refractivity contribution < 1.29 is 0 Å². The molecule has 0 saturated carbocycles. The summed E-state index contributed by atoms with van der Waals surface area (Å²) < 4.78 is 1.20. The molecule has 2 N–H and O–H groups in total. The minimum absolute atomic E-state index is 0.715. The van der Waals surface area contributed by atoms with E-state index in [1.165, 1.54) is 35.2 Å². The van der Waals surface area contributed by atoms with Crippen molar-refractivity contribution in [1.82, 2.24) is 0 Å². The van der Waals surface area contributed by atoms with E-state index in [4.69, 9.17) is 5.73 Å². The van der Waals surface area contributed by atoms with Gasteiger partial charge in [0.25, 0.3) is 0 Å². The molecule has 1 heterocycles. The van der Waals surface area contributed by atoms with E-state index in [1.54, 1.807) is 0 Å². The van der Waals surface area contributed by atoms with E-state index in [0.29, 0.717) is 6.54 Å². The highest BCUT2D eigenvalue weighted by atomic mass is 79.9. The van der Waals surface area contributed by atoms with Crippen LogP contribution in [0.3, 0.4) is 0 Å². The maximum atomic E-state index is 5.56. The first-order valence-electron chi connectivity index (χ1n) is 5.94. The fraction of sp³-hybridized carbons (Fsp3) is 0.538. The molecule has 0 aromatic heterocycles. The fourth-order valence-corrected chi connectivity index (χ4v) is 2.96. The van der Waals surface area contributed by atoms with E-state index in [2.05, 4.69) is 46.0 Å². The predicted octanol–water partition coefficient (Wildman–Crippen LogP) is 2.80. The van der Waals surface area contributed by atoms with Crippen LogP contribution >= 0.6 is 15.9 Å². The van der Waals surface area contributed by atoms with Crippen LogP contribution in [0.5, 0.6) is 0 Å². The molecule has 0 spiro atoms. The van der Waals surface area contributed by atoms with E-state index < -0.39 is 0 Å². The molecule has 0 amide bonds. The van der Waals surface area contributed by atoms with Gasteiger partial charge < -0.3 is 10.6 Å². The van der Waals surface area contributed by atoms with Crippen LogP contribution in [0.2, 0.25) is 0 Å². The van der Waals surface area contributed by atoms with Gasteiger partial charge in [0.2, 0.25) is 0 Å². The number of hydrogen-bond acceptors (Lipinski definition) is 2. The molecule has 1 atom stereocenters. The summed E-state index contributed by atoms with van der Waals surface area (Å²) in [6.45, 7) is 5.38. The van der Waals surface area contributed by atoms with Gasteiger partial charge in [-0.05, 0) is 58.9 Å². The molecule has 16 heavy (non-hydrogen) atoms. The van der Waals surface area contributed by atoms with Crippen molar-refractivity contribution in [2.45, 2.75) is 19.8 Å². The second-order valence-electron chi connectivity index (χ2n) is 4.66. The molecule has 1 aliphatic heterocycles. The highest BCUT2D eigenvalue weighted by molar-refractivity contribution is 9.10. The van der Waals surface area contributed by atoms with E-state index in [-0.39, 0.29) is 0 Å². The lowest BCUT2D eigenvalue weighted by molar-refractivity contribution is 0.659. The SMILES string of the molecule is CC1CCN(c2ccc(CCN)cc2Br)C1. The largest absolute Gasteiger partial charge is 0.370 e. The van der Waals surface area contributed by atoms with Crippen LogP contribution in [0.25, 0.3) is 0 Å². The molecule has 3 heteroatoms. The maximum Gasteiger partial charge on any atom is 0.0510 e. The fourth-order valence-electron chi connectivity index (χ4n) is 2.28. The lowest BCUT2D eigenvalue weighted by atomic mass is 10.1. The standard InChI is InChI=1S/C13H19BrN2/c1-10-5-7-16(9-10)13-3-2-11(4-6-15)8-12(13)14/h2-3,8,10H,4-7,9,15H2,1H3. The third kappa shape index (κ3) is 2.58. The maximum absolute atomic E-state index is 5.56. The summed E-state index contributed by atoms with van der Waals surface area (Å²) in [6, 6.07) is 6.61. The van der Waals surface area contributed by atoms with E-state index in [1.807, 2.05) is 0 Å². The van der Waals surface area contributed by atoms with Gasteiger partial charge in [-0.1, -0.05) is 13.0 Å². The van der Waals surface area contributed by atoms with Crippen LogP contribution in [0.4, 0.5) is 5.69 Å². The first kappa shape index (κ1) is 11.9. The summed E-state index contributed by atoms with van der Waals surface area (Å²) in [5.41, 5.74) is 8.20. The highest BCUT2D eigenvalue weighted by Gasteiger charge is 2.20. The quantitative estimate of drug-likeness (QED) is 0.924. The topological polar surface area (TPSA) is 29.3 Å². The third-order valence-electron chi connectivity index (χ3n) is 3.21. The Balaban J connectivity index is 2.16. The minimum Gasteiger partial charge on any atom is -0.370 e. The Morgan fingerprint density at radius 1 is 1.50 bits per heavy atom. The first-order valence-corrected chi connectivity index (χ1v) is 6.73. The molecule has 88 valence electrons. The normalized spacial score (nSPS) is 20.4. The monoisotopic (exact) mass is 282 g/mol. The molecule has 1 aromatic rings. The van der Waals surface area contributed by atoms with Crippen LogP contribution in [0.1, 0.15) is 18.9 Å². The molecule has 1 aliphatic rings. The van der Waals surface area contributed by atoms with Crippen molar-refractivity contribution in [3.63, 3.8) is 0 Å². The smallest absolute Gasteiger partial charge is 0.0510 e. The third-order valence-corrected chi connectivity index (χ3v) is 3.84. The summed E-state index contributed by atoms with van der Waals surface area (Å²) in [5, 5.41) is 0.